The first kappa shape index (κ1) is 20.8. The normalized spacial score (nSPS) is 11.9. The smallest absolute Gasteiger partial charge is 0.211 e. The van der Waals surface area contributed by atoms with Crippen molar-refractivity contribution in [3.05, 3.63) is 24.3 Å². The predicted octanol–water partition coefficient (Wildman–Crippen LogP) is 4.68. The molecule has 0 aliphatic carbocycles. The van der Waals surface area contributed by atoms with Crippen LogP contribution in [0.2, 0.25) is 0 Å². The van der Waals surface area contributed by atoms with Gasteiger partial charge in [0, 0.05) is 12.2 Å². The zero-order valence-corrected chi connectivity index (χ0v) is 16.1. The van der Waals surface area contributed by atoms with Crippen LogP contribution in [0.4, 0.5) is 5.69 Å². The number of nitriles is 1. The topological polar surface area (TPSA) is 74.6 Å². The summed E-state index contributed by atoms with van der Waals surface area (Å²) in [6.07, 6.45) is 7.46. The summed E-state index contributed by atoms with van der Waals surface area (Å²) in [6, 6.07) is 7.81. The van der Waals surface area contributed by atoms with Gasteiger partial charge in [0.1, 0.15) is 5.75 Å². The predicted molar refractivity (Wildman–Crippen MR) is 105 cm³/mol. The Kier molecular flexibility index (Phi) is 8.83. The van der Waals surface area contributed by atoms with Crippen LogP contribution in [0.15, 0.2) is 29.3 Å². The molecule has 0 heterocycles. The Bertz CT molecular complexity index is 567. The van der Waals surface area contributed by atoms with Gasteiger partial charge in [-0.2, -0.15) is 5.26 Å². The zero-order valence-electron chi connectivity index (χ0n) is 16.1. The van der Waals surface area contributed by atoms with Crippen LogP contribution in [0.5, 0.6) is 5.75 Å². The van der Waals surface area contributed by atoms with Gasteiger partial charge in [0.05, 0.1) is 6.61 Å². The highest BCUT2D eigenvalue weighted by atomic mass is 16.5. The number of hydrogen-bond donors (Lipinski definition) is 1. The highest BCUT2D eigenvalue weighted by Crippen LogP contribution is 2.24. The van der Waals surface area contributed by atoms with Crippen LogP contribution in [0.1, 0.15) is 59.8 Å². The van der Waals surface area contributed by atoms with E-state index in [9.17, 15) is 0 Å². The molecule has 0 spiro atoms. The van der Waals surface area contributed by atoms with Crippen molar-refractivity contribution in [2.24, 2.45) is 16.1 Å². The maximum atomic E-state index is 8.80. The highest BCUT2D eigenvalue weighted by molar-refractivity contribution is 5.95. The molecule has 0 aromatic heterocycles. The maximum absolute atomic E-state index is 8.80. The van der Waals surface area contributed by atoms with E-state index in [1.807, 2.05) is 29.2 Å². The van der Waals surface area contributed by atoms with Gasteiger partial charge in [0.25, 0.3) is 0 Å². The number of guanidine groups is 1. The molecule has 0 aliphatic rings. The quantitative estimate of drug-likeness (QED) is 0.305. The summed E-state index contributed by atoms with van der Waals surface area (Å²) in [5.41, 5.74) is 7.07. The molecule has 0 radical (unpaired) electrons. The lowest BCUT2D eigenvalue weighted by atomic mass is 9.92. The maximum Gasteiger partial charge on any atom is 0.211 e. The van der Waals surface area contributed by atoms with Crippen LogP contribution in [-0.2, 0) is 0 Å². The van der Waals surface area contributed by atoms with E-state index in [2.05, 4.69) is 32.7 Å². The number of nitrogens with zero attached hydrogens (tertiary/aromatic N) is 3. The minimum absolute atomic E-state index is 0.173. The standard InChI is InChI=1S/C20H32N4O/c1-5-6-7-8-15-25-18-11-9-17(10-12-18)24(19(22)23-16-21)14-13-20(2,3)4/h9-12H,5-8,13-15H2,1-4H3,(H2,22,23). The largest absolute Gasteiger partial charge is 0.494 e. The van der Waals surface area contributed by atoms with Crippen molar-refractivity contribution in [1.29, 1.82) is 5.26 Å². The number of nitrogens with two attached hydrogens (primary N) is 1. The molecular formula is C20H32N4O. The van der Waals surface area contributed by atoms with Crippen molar-refractivity contribution in [2.75, 3.05) is 18.1 Å². The second kappa shape index (κ2) is 10.6. The number of rotatable bonds is 9. The Morgan fingerprint density at radius 2 is 1.88 bits per heavy atom. The molecule has 0 saturated carbocycles. The first-order valence-electron chi connectivity index (χ1n) is 9.10. The van der Waals surface area contributed by atoms with Crippen molar-refractivity contribution >= 4 is 11.6 Å². The van der Waals surface area contributed by atoms with Crippen LogP contribution >= 0.6 is 0 Å². The van der Waals surface area contributed by atoms with Crippen LogP contribution in [-0.4, -0.2) is 19.1 Å². The molecule has 0 saturated heterocycles. The van der Waals surface area contributed by atoms with Gasteiger partial charge in [0.2, 0.25) is 12.2 Å². The molecule has 0 unspecified atom stereocenters. The van der Waals surface area contributed by atoms with E-state index in [4.69, 9.17) is 15.7 Å². The van der Waals surface area contributed by atoms with Crippen LogP contribution in [0, 0.1) is 16.9 Å². The van der Waals surface area contributed by atoms with E-state index in [1.54, 1.807) is 6.19 Å². The molecule has 0 aliphatic heterocycles. The average Bonchev–Trinajstić information content (AvgIpc) is 2.55. The molecule has 1 rings (SSSR count). The Morgan fingerprint density at radius 3 is 2.44 bits per heavy atom. The molecule has 5 nitrogen and oxygen atoms in total. The summed E-state index contributed by atoms with van der Waals surface area (Å²) in [5, 5.41) is 8.80. The number of ether oxygens (including phenoxy) is 1. The molecule has 1 aromatic rings. The number of benzene rings is 1. The fraction of sp³-hybridized carbons (Fsp3) is 0.600. The number of unbranched alkanes of at least 4 members (excludes halogenated alkanes) is 3. The fourth-order valence-electron chi connectivity index (χ4n) is 2.38. The van der Waals surface area contributed by atoms with Gasteiger partial charge in [-0.15, -0.1) is 4.99 Å². The summed E-state index contributed by atoms with van der Waals surface area (Å²) in [4.78, 5) is 5.57. The van der Waals surface area contributed by atoms with Crippen LogP contribution in [0.3, 0.4) is 0 Å². The van der Waals surface area contributed by atoms with Crippen LogP contribution in [0.25, 0.3) is 0 Å². The number of anilines is 1. The Hall–Kier alpha value is -2.22. The Morgan fingerprint density at radius 1 is 1.20 bits per heavy atom. The van der Waals surface area contributed by atoms with Crippen molar-refractivity contribution < 1.29 is 4.74 Å². The summed E-state index contributed by atoms with van der Waals surface area (Å²) >= 11 is 0. The van der Waals surface area contributed by atoms with Gasteiger partial charge in [0.15, 0.2) is 0 Å². The number of aliphatic imine (C=N–C) groups is 1. The lowest BCUT2D eigenvalue weighted by Crippen LogP contribution is -2.39. The summed E-state index contributed by atoms with van der Waals surface area (Å²) in [6.45, 7) is 10.2. The van der Waals surface area contributed by atoms with Gasteiger partial charge in [-0.25, -0.2) is 0 Å². The summed E-state index contributed by atoms with van der Waals surface area (Å²) < 4.78 is 5.78. The minimum Gasteiger partial charge on any atom is -0.494 e. The van der Waals surface area contributed by atoms with E-state index in [0.29, 0.717) is 6.54 Å². The molecule has 0 bridgehead atoms. The SMILES string of the molecule is CCCCCCOc1ccc(N(CCC(C)(C)C)C(N)=NC#N)cc1. The Labute approximate surface area is 152 Å². The molecule has 25 heavy (non-hydrogen) atoms. The van der Waals surface area contributed by atoms with Crippen LogP contribution < -0.4 is 15.4 Å². The fourth-order valence-corrected chi connectivity index (χ4v) is 2.38. The van der Waals surface area contributed by atoms with E-state index in [0.717, 1.165) is 30.9 Å². The zero-order chi connectivity index (χ0) is 18.7. The molecule has 5 heteroatoms. The molecule has 0 fully saturated rings. The van der Waals surface area contributed by atoms with Crippen molar-refractivity contribution in [2.45, 2.75) is 59.8 Å². The molecule has 2 N–H and O–H groups in total. The molecule has 138 valence electrons. The third-order valence-corrected chi connectivity index (χ3v) is 3.94. The monoisotopic (exact) mass is 344 g/mol. The molecule has 0 amide bonds. The van der Waals surface area contributed by atoms with E-state index in [-0.39, 0.29) is 11.4 Å². The van der Waals surface area contributed by atoms with Crippen molar-refractivity contribution in [1.82, 2.24) is 0 Å². The van der Waals surface area contributed by atoms with Crippen molar-refractivity contribution in [3.63, 3.8) is 0 Å². The van der Waals surface area contributed by atoms with Gasteiger partial charge in [-0.3, -0.25) is 0 Å². The van der Waals surface area contributed by atoms with E-state index in [1.165, 1.54) is 19.3 Å². The van der Waals surface area contributed by atoms with Gasteiger partial charge in [-0.1, -0.05) is 47.0 Å². The average molecular weight is 345 g/mol. The first-order valence-corrected chi connectivity index (χ1v) is 9.10. The number of hydrogen-bond acceptors (Lipinski definition) is 3. The third kappa shape index (κ3) is 8.44. The second-order valence-corrected chi connectivity index (χ2v) is 7.44. The molecular weight excluding hydrogens is 312 g/mol. The molecule has 1 aromatic carbocycles. The van der Waals surface area contributed by atoms with Gasteiger partial charge >= 0.3 is 0 Å². The summed E-state index contributed by atoms with van der Waals surface area (Å²) in [7, 11) is 0. The molecule has 0 atom stereocenters. The highest BCUT2D eigenvalue weighted by Gasteiger charge is 2.16. The summed E-state index contributed by atoms with van der Waals surface area (Å²) in [5.74, 6) is 1.08. The Balaban J connectivity index is 2.72. The van der Waals surface area contributed by atoms with Gasteiger partial charge < -0.3 is 15.4 Å². The van der Waals surface area contributed by atoms with Crippen molar-refractivity contribution in [3.8, 4) is 11.9 Å². The minimum atomic E-state index is 0.173. The van der Waals surface area contributed by atoms with E-state index >= 15 is 0 Å². The third-order valence-electron chi connectivity index (χ3n) is 3.94. The first-order chi connectivity index (χ1) is 11.9. The second-order valence-electron chi connectivity index (χ2n) is 7.44. The van der Waals surface area contributed by atoms with Gasteiger partial charge in [-0.05, 0) is 42.5 Å². The lowest BCUT2D eigenvalue weighted by Gasteiger charge is -2.27. The van der Waals surface area contributed by atoms with E-state index < -0.39 is 0 Å². The lowest BCUT2D eigenvalue weighted by molar-refractivity contribution is 0.305.